The van der Waals surface area contributed by atoms with Crippen LogP contribution in [0.2, 0.25) is 0 Å². The maximum absolute atomic E-state index is 11.3. The van der Waals surface area contributed by atoms with Gasteiger partial charge < -0.3 is 10.0 Å². The second kappa shape index (κ2) is 4.89. The number of hydrogen-bond acceptors (Lipinski definition) is 3. The smallest absolute Gasteiger partial charge is 0.134 e. The molecule has 0 saturated heterocycles. The molecule has 0 aromatic carbocycles. The summed E-state index contributed by atoms with van der Waals surface area (Å²) in [4.78, 5) is 13.4. The summed E-state index contributed by atoms with van der Waals surface area (Å²) in [5.41, 5.74) is 0. The maximum Gasteiger partial charge on any atom is 0.134 e. The summed E-state index contributed by atoms with van der Waals surface area (Å²) < 4.78 is 0. The van der Waals surface area contributed by atoms with Gasteiger partial charge in [0.15, 0.2) is 0 Å². The molecule has 3 heteroatoms. The predicted molar refractivity (Wildman–Crippen MR) is 56.1 cm³/mol. The van der Waals surface area contributed by atoms with E-state index in [0.717, 1.165) is 12.8 Å². The molecule has 1 rings (SSSR count). The third-order valence-electron chi connectivity index (χ3n) is 3.09. The van der Waals surface area contributed by atoms with Crippen LogP contribution in [0.25, 0.3) is 0 Å². The molecule has 0 aromatic rings. The number of ketones is 1. The SMILES string of the molecule is CC(O)CN(C)C1CC(=O)CCC1C. The average Bonchev–Trinajstić information content (AvgIpc) is 2.08. The highest BCUT2D eigenvalue weighted by Crippen LogP contribution is 2.25. The van der Waals surface area contributed by atoms with Gasteiger partial charge in [0.2, 0.25) is 0 Å². The first kappa shape index (κ1) is 11.7. The van der Waals surface area contributed by atoms with Gasteiger partial charge in [-0.1, -0.05) is 6.92 Å². The maximum atomic E-state index is 11.3. The van der Waals surface area contributed by atoms with Crippen LogP contribution in [0.4, 0.5) is 0 Å². The van der Waals surface area contributed by atoms with Crippen LogP contribution >= 0.6 is 0 Å². The molecule has 1 N–H and O–H groups in total. The van der Waals surface area contributed by atoms with Gasteiger partial charge >= 0.3 is 0 Å². The predicted octanol–water partition coefficient (Wildman–Crippen LogP) is 1.06. The summed E-state index contributed by atoms with van der Waals surface area (Å²) >= 11 is 0. The van der Waals surface area contributed by atoms with Crippen molar-refractivity contribution in [3.8, 4) is 0 Å². The van der Waals surface area contributed by atoms with Crippen LogP contribution in [0.15, 0.2) is 0 Å². The van der Waals surface area contributed by atoms with Gasteiger partial charge in [-0.05, 0) is 26.3 Å². The number of rotatable bonds is 3. The Balaban J connectivity index is 2.51. The zero-order valence-electron chi connectivity index (χ0n) is 9.36. The largest absolute Gasteiger partial charge is 0.392 e. The molecule has 3 atom stereocenters. The molecule has 82 valence electrons. The summed E-state index contributed by atoms with van der Waals surface area (Å²) in [6.45, 7) is 4.63. The minimum Gasteiger partial charge on any atom is -0.392 e. The Morgan fingerprint density at radius 3 is 2.86 bits per heavy atom. The van der Waals surface area contributed by atoms with Gasteiger partial charge in [-0.25, -0.2) is 0 Å². The molecule has 14 heavy (non-hydrogen) atoms. The van der Waals surface area contributed by atoms with Crippen molar-refractivity contribution in [3.63, 3.8) is 0 Å². The Morgan fingerprint density at radius 2 is 2.29 bits per heavy atom. The highest BCUT2D eigenvalue weighted by Gasteiger charge is 2.29. The fourth-order valence-corrected chi connectivity index (χ4v) is 2.26. The lowest BCUT2D eigenvalue weighted by molar-refractivity contribution is -0.123. The number of hydrogen-bond donors (Lipinski definition) is 1. The van der Waals surface area contributed by atoms with Crippen LogP contribution in [0, 0.1) is 5.92 Å². The van der Waals surface area contributed by atoms with E-state index in [1.54, 1.807) is 6.92 Å². The molecule has 0 heterocycles. The first-order valence-electron chi connectivity index (χ1n) is 5.40. The lowest BCUT2D eigenvalue weighted by Crippen LogP contribution is -2.44. The zero-order valence-corrected chi connectivity index (χ0v) is 9.36. The van der Waals surface area contributed by atoms with Gasteiger partial charge in [0.05, 0.1) is 6.10 Å². The molecule has 3 nitrogen and oxygen atoms in total. The van der Waals surface area contributed by atoms with Gasteiger partial charge in [0, 0.05) is 25.4 Å². The molecule has 3 unspecified atom stereocenters. The van der Waals surface area contributed by atoms with Crippen molar-refractivity contribution >= 4 is 5.78 Å². The van der Waals surface area contributed by atoms with E-state index in [1.807, 2.05) is 7.05 Å². The van der Waals surface area contributed by atoms with Crippen LogP contribution < -0.4 is 0 Å². The van der Waals surface area contributed by atoms with Crippen molar-refractivity contribution in [3.05, 3.63) is 0 Å². The van der Waals surface area contributed by atoms with Gasteiger partial charge in [0.25, 0.3) is 0 Å². The third kappa shape index (κ3) is 3.07. The van der Waals surface area contributed by atoms with Crippen LogP contribution in [0.3, 0.4) is 0 Å². The van der Waals surface area contributed by atoms with E-state index in [9.17, 15) is 9.90 Å². The van der Waals surface area contributed by atoms with Crippen molar-refractivity contribution in [2.75, 3.05) is 13.6 Å². The van der Waals surface area contributed by atoms with Crippen molar-refractivity contribution in [2.24, 2.45) is 5.92 Å². The van der Waals surface area contributed by atoms with E-state index >= 15 is 0 Å². The monoisotopic (exact) mass is 199 g/mol. The number of aliphatic hydroxyl groups is 1. The Bertz CT molecular complexity index is 203. The van der Waals surface area contributed by atoms with E-state index in [0.29, 0.717) is 30.7 Å². The first-order valence-corrected chi connectivity index (χ1v) is 5.40. The third-order valence-corrected chi connectivity index (χ3v) is 3.09. The number of likely N-dealkylation sites (N-methyl/N-ethyl adjacent to an activating group) is 1. The molecular formula is C11H21NO2. The fraction of sp³-hybridized carbons (Fsp3) is 0.909. The molecule has 1 aliphatic rings. The molecular weight excluding hydrogens is 178 g/mol. The summed E-state index contributed by atoms with van der Waals surface area (Å²) in [5, 5.41) is 9.28. The molecule has 0 bridgehead atoms. The number of Topliss-reactive ketones (excluding diaryl/α,β-unsaturated/α-hetero) is 1. The molecule has 0 aliphatic heterocycles. The molecule has 0 amide bonds. The average molecular weight is 199 g/mol. The van der Waals surface area contributed by atoms with Crippen LogP contribution in [0.1, 0.15) is 33.1 Å². The summed E-state index contributed by atoms with van der Waals surface area (Å²) in [5.74, 6) is 0.932. The normalized spacial score (nSPS) is 30.8. The van der Waals surface area contributed by atoms with E-state index < -0.39 is 0 Å². The number of nitrogens with zero attached hydrogens (tertiary/aromatic N) is 1. The Hall–Kier alpha value is -0.410. The number of aliphatic hydroxyl groups excluding tert-OH is 1. The highest BCUT2D eigenvalue weighted by molar-refractivity contribution is 5.79. The van der Waals surface area contributed by atoms with Crippen LogP contribution in [-0.2, 0) is 4.79 Å². The number of carbonyl (C=O) groups is 1. The van der Waals surface area contributed by atoms with E-state index in [1.165, 1.54) is 0 Å². The second-order valence-electron chi connectivity index (χ2n) is 4.61. The van der Waals surface area contributed by atoms with E-state index in [-0.39, 0.29) is 6.10 Å². The van der Waals surface area contributed by atoms with Crippen molar-refractivity contribution in [1.29, 1.82) is 0 Å². The highest BCUT2D eigenvalue weighted by atomic mass is 16.3. The summed E-state index contributed by atoms with van der Waals surface area (Å²) in [6, 6.07) is 0.325. The van der Waals surface area contributed by atoms with Crippen LogP contribution in [-0.4, -0.2) is 41.5 Å². The Kier molecular flexibility index (Phi) is 4.08. The summed E-state index contributed by atoms with van der Waals surface area (Å²) in [6.07, 6.45) is 2.07. The van der Waals surface area contributed by atoms with E-state index in [4.69, 9.17) is 0 Å². The fourth-order valence-electron chi connectivity index (χ4n) is 2.26. The number of carbonyl (C=O) groups excluding carboxylic acids is 1. The van der Waals surface area contributed by atoms with Crippen LogP contribution in [0.5, 0.6) is 0 Å². The van der Waals surface area contributed by atoms with Crippen molar-refractivity contribution in [2.45, 2.75) is 45.3 Å². The molecule has 0 aromatic heterocycles. The van der Waals surface area contributed by atoms with Gasteiger partial charge in [-0.3, -0.25) is 4.79 Å². The zero-order chi connectivity index (χ0) is 10.7. The van der Waals surface area contributed by atoms with Gasteiger partial charge in [-0.2, -0.15) is 0 Å². The molecule has 0 radical (unpaired) electrons. The molecule has 1 fully saturated rings. The topological polar surface area (TPSA) is 40.5 Å². The quantitative estimate of drug-likeness (QED) is 0.739. The molecule has 1 aliphatic carbocycles. The molecule has 1 saturated carbocycles. The van der Waals surface area contributed by atoms with Crippen molar-refractivity contribution in [1.82, 2.24) is 4.90 Å². The van der Waals surface area contributed by atoms with Gasteiger partial charge in [0.1, 0.15) is 5.78 Å². The lowest BCUT2D eigenvalue weighted by Gasteiger charge is -2.36. The lowest BCUT2D eigenvalue weighted by atomic mass is 9.84. The van der Waals surface area contributed by atoms with Gasteiger partial charge in [-0.15, -0.1) is 0 Å². The Labute approximate surface area is 86.1 Å². The first-order chi connectivity index (χ1) is 6.50. The Morgan fingerprint density at radius 1 is 1.64 bits per heavy atom. The second-order valence-corrected chi connectivity index (χ2v) is 4.61. The molecule has 0 spiro atoms. The minimum absolute atomic E-state index is 0.316. The van der Waals surface area contributed by atoms with E-state index in [2.05, 4.69) is 11.8 Å². The van der Waals surface area contributed by atoms with Crippen molar-refractivity contribution < 1.29 is 9.90 Å². The summed E-state index contributed by atoms with van der Waals surface area (Å²) in [7, 11) is 1.99. The standard InChI is InChI=1S/C11H21NO2/c1-8-4-5-10(14)6-11(8)12(3)7-9(2)13/h8-9,11,13H,4-7H2,1-3H3. The minimum atomic E-state index is -0.316.